The summed E-state index contributed by atoms with van der Waals surface area (Å²) in [5, 5.41) is 12.4. The molecule has 2 aromatic rings. The number of likely N-dealkylation sites (tertiary alicyclic amines) is 1. The van der Waals surface area contributed by atoms with Crippen molar-refractivity contribution in [3.63, 3.8) is 0 Å². The summed E-state index contributed by atoms with van der Waals surface area (Å²) in [6.45, 7) is 2.55. The Kier molecular flexibility index (Phi) is 5.47. The van der Waals surface area contributed by atoms with Gasteiger partial charge in [0.25, 0.3) is 0 Å². The number of ether oxygens (including phenoxy) is 3. The third-order valence-electron chi connectivity index (χ3n) is 4.79. The van der Waals surface area contributed by atoms with E-state index in [-0.39, 0.29) is 18.3 Å². The van der Waals surface area contributed by atoms with Gasteiger partial charge in [0.1, 0.15) is 12.2 Å². The van der Waals surface area contributed by atoms with Crippen molar-refractivity contribution >= 4 is 6.09 Å². The quantitative estimate of drug-likeness (QED) is 0.807. The van der Waals surface area contributed by atoms with E-state index in [2.05, 4.69) is 15.3 Å². The van der Waals surface area contributed by atoms with Gasteiger partial charge in [0.05, 0.1) is 13.2 Å². The lowest BCUT2D eigenvalue weighted by atomic mass is 10.1. The predicted octanol–water partition coefficient (Wildman–Crippen LogP) is 1.82. The van der Waals surface area contributed by atoms with Crippen molar-refractivity contribution in [1.82, 2.24) is 24.9 Å². The van der Waals surface area contributed by atoms with Crippen molar-refractivity contribution in [3.05, 3.63) is 30.6 Å². The number of carbonyl (C=O) groups excluding carboxylic acids is 1. The van der Waals surface area contributed by atoms with Gasteiger partial charge < -0.3 is 19.1 Å². The molecule has 9 heteroatoms. The molecule has 4 heterocycles. The fraction of sp³-hybridized carbons (Fsp3) is 0.556. The number of rotatable bonds is 4. The third kappa shape index (κ3) is 4.54. The summed E-state index contributed by atoms with van der Waals surface area (Å²) < 4.78 is 18.4. The molecule has 2 fully saturated rings. The first-order valence-corrected chi connectivity index (χ1v) is 9.31. The number of carbonyl (C=O) groups is 1. The molecule has 27 heavy (non-hydrogen) atoms. The minimum atomic E-state index is -0.233. The van der Waals surface area contributed by atoms with Gasteiger partial charge in [0.15, 0.2) is 5.82 Å². The van der Waals surface area contributed by atoms with Gasteiger partial charge in [-0.2, -0.15) is 5.10 Å². The summed E-state index contributed by atoms with van der Waals surface area (Å²) in [7, 11) is 0. The van der Waals surface area contributed by atoms with Crippen LogP contribution in [0.4, 0.5) is 4.79 Å². The van der Waals surface area contributed by atoms with Crippen LogP contribution in [0.2, 0.25) is 0 Å². The molecule has 0 N–H and O–H groups in total. The summed E-state index contributed by atoms with van der Waals surface area (Å²) in [6.07, 6.45) is 6.29. The molecule has 4 rings (SSSR count). The van der Waals surface area contributed by atoms with E-state index >= 15 is 0 Å². The molecule has 1 amide bonds. The van der Waals surface area contributed by atoms with Crippen molar-refractivity contribution < 1.29 is 19.0 Å². The highest BCUT2D eigenvalue weighted by atomic mass is 16.6. The molecule has 2 aromatic heterocycles. The summed E-state index contributed by atoms with van der Waals surface area (Å²) in [5.74, 6) is 1.12. The third-order valence-corrected chi connectivity index (χ3v) is 4.79. The van der Waals surface area contributed by atoms with E-state index in [1.807, 2.05) is 12.1 Å². The highest BCUT2D eigenvalue weighted by Gasteiger charge is 2.27. The van der Waals surface area contributed by atoms with Crippen molar-refractivity contribution in [2.75, 3.05) is 26.3 Å². The molecule has 0 unspecified atom stereocenters. The molecular formula is C18H23N5O4. The Balaban J connectivity index is 1.24. The Labute approximate surface area is 157 Å². The van der Waals surface area contributed by atoms with Crippen molar-refractivity contribution in [1.29, 1.82) is 0 Å². The van der Waals surface area contributed by atoms with Crippen LogP contribution in [-0.2, 0) is 9.47 Å². The van der Waals surface area contributed by atoms with Crippen molar-refractivity contribution in [3.8, 4) is 11.7 Å². The van der Waals surface area contributed by atoms with Crippen LogP contribution in [-0.4, -0.2) is 69.5 Å². The predicted molar refractivity (Wildman–Crippen MR) is 94.7 cm³/mol. The Bertz CT molecular complexity index is 723. The normalized spacial score (nSPS) is 19.0. The highest BCUT2D eigenvalue weighted by Crippen LogP contribution is 2.19. The van der Waals surface area contributed by atoms with Gasteiger partial charge in [-0.05, 0) is 12.1 Å². The summed E-state index contributed by atoms with van der Waals surface area (Å²) in [6, 6.07) is 5.43. The molecule has 9 nitrogen and oxygen atoms in total. The monoisotopic (exact) mass is 373 g/mol. The van der Waals surface area contributed by atoms with E-state index in [4.69, 9.17) is 14.2 Å². The Morgan fingerprint density at radius 3 is 2.56 bits per heavy atom. The first-order chi connectivity index (χ1) is 13.3. The molecule has 0 bridgehead atoms. The van der Waals surface area contributed by atoms with E-state index in [0.717, 1.165) is 25.7 Å². The van der Waals surface area contributed by atoms with Crippen molar-refractivity contribution in [2.45, 2.75) is 37.9 Å². The topological polar surface area (TPSA) is 91.6 Å². The maximum absolute atomic E-state index is 12.3. The van der Waals surface area contributed by atoms with Crippen LogP contribution in [0.25, 0.3) is 5.82 Å². The highest BCUT2D eigenvalue weighted by molar-refractivity contribution is 5.68. The van der Waals surface area contributed by atoms with Crippen LogP contribution in [0.1, 0.15) is 25.7 Å². The molecule has 2 aliphatic rings. The molecule has 0 atom stereocenters. The van der Waals surface area contributed by atoms with Gasteiger partial charge in [-0.15, -0.1) is 10.2 Å². The molecule has 0 spiro atoms. The van der Waals surface area contributed by atoms with Crippen LogP contribution in [0.5, 0.6) is 5.88 Å². The van der Waals surface area contributed by atoms with Crippen LogP contribution >= 0.6 is 0 Å². The molecule has 0 saturated carbocycles. The largest absolute Gasteiger partial charge is 0.473 e. The SMILES string of the molecule is O=C(OC1CCOCC1)N1CCC(Oc2ccc(-n3cccn3)nn2)CC1. The minimum Gasteiger partial charge on any atom is -0.473 e. The first-order valence-electron chi connectivity index (χ1n) is 9.31. The van der Waals surface area contributed by atoms with Crippen LogP contribution < -0.4 is 4.74 Å². The maximum atomic E-state index is 12.3. The number of amides is 1. The van der Waals surface area contributed by atoms with Gasteiger partial charge in [0.2, 0.25) is 5.88 Å². The molecule has 2 saturated heterocycles. The number of hydrogen-bond acceptors (Lipinski definition) is 7. The number of hydrogen-bond donors (Lipinski definition) is 0. The van der Waals surface area contributed by atoms with E-state index in [0.29, 0.717) is 38.0 Å². The lowest BCUT2D eigenvalue weighted by Gasteiger charge is -2.32. The second-order valence-corrected chi connectivity index (χ2v) is 6.68. The lowest BCUT2D eigenvalue weighted by molar-refractivity contribution is -0.0151. The van der Waals surface area contributed by atoms with Gasteiger partial charge >= 0.3 is 6.09 Å². The Morgan fingerprint density at radius 1 is 1.07 bits per heavy atom. The molecule has 0 aliphatic carbocycles. The minimum absolute atomic E-state index is 0.0157. The number of aromatic nitrogens is 4. The summed E-state index contributed by atoms with van der Waals surface area (Å²) >= 11 is 0. The Hall–Kier alpha value is -2.68. The molecule has 0 aromatic carbocycles. The zero-order valence-corrected chi connectivity index (χ0v) is 15.1. The molecular weight excluding hydrogens is 350 g/mol. The van der Waals surface area contributed by atoms with E-state index in [1.54, 1.807) is 28.0 Å². The van der Waals surface area contributed by atoms with Gasteiger partial charge in [-0.25, -0.2) is 9.48 Å². The van der Waals surface area contributed by atoms with Crippen LogP contribution in [0, 0.1) is 0 Å². The summed E-state index contributed by atoms with van der Waals surface area (Å²) in [5.41, 5.74) is 0. The van der Waals surface area contributed by atoms with Gasteiger partial charge in [-0.1, -0.05) is 0 Å². The second kappa shape index (κ2) is 8.34. The number of piperidine rings is 1. The second-order valence-electron chi connectivity index (χ2n) is 6.68. The molecule has 0 radical (unpaired) electrons. The van der Waals surface area contributed by atoms with Crippen molar-refractivity contribution in [2.24, 2.45) is 0 Å². The summed E-state index contributed by atoms with van der Waals surface area (Å²) in [4.78, 5) is 14.0. The zero-order valence-electron chi connectivity index (χ0n) is 15.1. The average molecular weight is 373 g/mol. The first kappa shape index (κ1) is 17.7. The van der Waals surface area contributed by atoms with Crippen LogP contribution in [0.3, 0.4) is 0 Å². The van der Waals surface area contributed by atoms with E-state index < -0.39 is 0 Å². The average Bonchev–Trinajstić information content (AvgIpc) is 3.25. The lowest BCUT2D eigenvalue weighted by Crippen LogP contribution is -2.43. The zero-order chi connectivity index (χ0) is 18.5. The fourth-order valence-corrected chi connectivity index (χ4v) is 3.24. The van der Waals surface area contributed by atoms with Crippen LogP contribution in [0.15, 0.2) is 30.6 Å². The smallest absolute Gasteiger partial charge is 0.410 e. The number of nitrogens with zero attached hydrogens (tertiary/aromatic N) is 5. The maximum Gasteiger partial charge on any atom is 0.410 e. The van der Waals surface area contributed by atoms with Gasteiger partial charge in [0, 0.05) is 57.2 Å². The van der Waals surface area contributed by atoms with E-state index in [1.165, 1.54) is 0 Å². The fourth-order valence-electron chi connectivity index (χ4n) is 3.24. The van der Waals surface area contributed by atoms with Gasteiger partial charge in [-0.3, -0.25) is 0 Å². The molecule has 2 aliphatic heterocycles. The van der Waals surface area contributed by atoms with E-state index in [9.17, 15) is 4.79 Å². The Morgan fingerprint density at radius 2 is 1.89 bits per heavy atom. The molecule has 144 valence electrons. The standard InChI is InChI=1S/C18H23N5O4/c24-18(27-15-6-12-25-13-7-15)22-10-4-14(5-11-22)26-17-3-2-16(20-21-17)23-9-1-8-19-23/h1-3,8-9,14-15H,4-7,10-13H2.